The molecule has 0 N–H and O–H groups in total. The standard InChI is InChI=1S/C18H22BrNO2.C5H10O2/c1-3-20-15-11-13(18(21)22-2)9-10-14(15)16(17(20)19)12-7-5-4-6-8-12;1-5(2,3)7-4-6/h9-12H,3-8H2,1-2H3;4H,1-3H3. The Hall–Kier alpha value is -1.82. The van der Waals surface area contributed by atoms with Crippen LogP contribution in [0.15, 0.2) is 22.8 Å². The fourth-order valence-corrected chi connectivity index (χ4v) is 4.80. The van der Waals surface area contributed by atoms with E-state index in [1.165, 1.54) is 54.8 Å². The molecular formula is C23H32BrNO4. The van der Waals surface area contributed by atoms with E-state index in [1.807, 2.05) is 32.9 Å². The van der Waals surface area contributed by atoms with E-state index in [0.29, 0.717) is 18.0 Å². The average Bonchev–Trinajstić information content (AvgIpc) is 2.97. The first kappa shape index (κ1) is 23.5. The van der Waals surface area contributed by atoms with Gasteiger partial charge in [-0.1, -0.05) is 25.3 Å². The van der Waals surface area contributed by atoms with Crippen molar-refractivity contribution in [1.82, 2.24) is 4.57 Å². The van der Waals surface area contributed by atoms with Gasteiger partial charge in [0.15, 0.2) is 0 Å². The second-order valence-electron chi connectivity index (χ2n) is 8.33. The predicted molar refractivity (Wildman–Crippen MR) is 119 cm³/mol. The van der Waals surface area contributed by atoms with Gasteiger partial charge >= 0.3 is 5.97 Å². The van der Waals surface area contributed by atoms with E-state index in [2.05, 4.69) is 38.2 Å². The molecule has 1 aliphatic carbocycles. The van der Waals surface area contributed by atoms with Gasteiger partial charge in [0.2, 0.25) is 0 Å². The fourth-order valence-electron chi connectivity index (χ4n) is 3.82. The summed E-state index contributed by atoms with van der Waals surface area (Å²) in [7, 11) is 1.43. The smallest absolute Gasteiger partial charge is 0.337 e. The molecule has 0 atom stereocenters. The lowest BCUT2D eigenvalue weighted by molar-refractivity contribution is -0.138. The van der Waals surface area contributed by atoms with Crippen molar-refractivity contribution in [2.75, 3.05) is 7.11 Å². The molecule has 1 heterocycles. The number of esters is 1. The number of ether oxygens (including phenoxy) is 2. The van der Waals surface area contributed by atoms with Gasteiger partial charge in [-0.25, -0.2) is 4.79 Å². The molecule has 3 rings (SSSR count). The van der Waals surface area contributed by atoms with E-state index in [9.17, 15) is 9.59 Å². The Labute approximate surface area is 181 Å². The quantitative estimate of drug-likeness (QED) is 0.397. The SMILES string of the molecule is CC(C)(C)OC=O.CCn1c(Br)c(C2CCCCC2)c2ccc(C(=O)OC)cc21. The molecule has 0 bridgehead atoms. The van der Waals surface area contributed by atoms with Gasteiger partial charge in [0.05, 0.1) is 22.8 Å². The summed E-state index contributed by atoms with van der Waals surface area (Å²) in [5.74, 6) is 0.350. The van der Waals surface area contributed by atoms with Crippen molar-refractivity contribution >= 4 is 39.3 Å². The molecular weight excluding hydrogens is 434 g/mol. The van der Waals surface area contributed by atoms with Crippen LogP contribution in [0.1, 0.15) is 81.6 Å². The van der Waals surface area contributed by atoms with Crippen molar-refractivity contribution in [3.05, 3.63) is 33.9 Å². The molecule has 1 aromatic carbocycles. The Balaban J connectivity index is 0.000000370. The summed E-state index contributed by atoms with van der Waals surface area (Å²) >= 11 is 3.82. The number of methoxy groups -OCH3 is 1. The molecule has 2 aromatic rings. The Morgan fingerprint density at radius 3 is 2.38 bits per heavy atom. The molecule has 160 valence electrons. The zero-order valence-electron chi connectivity index (χ0n) is 18.1. The van der Waals surface area contributed by atoms with Gasteiger partial charge < -0.3 is 14.0 Å². The summed E-state index contributed by atoms with van der Waals surface area (Å²) in [6.07, 6.45) is 6.51. The summed E-state index contributed by atoms with van der Waals surface area (Å²) in [6.45, 7) is 8.94. The highest BCUT2D eigenvalue weighted by molar-refractivity contribution is 9.10. The number of hydrogen-bond acceptors (Lipinski definition) is 4. The molecule has 6 heteroatoms. The van der Waals surface area contributed by atoms with E-state index < -0.39 is 0 Å². The van der Waals surface area contributed by atoms with E-state index in [-0.39, 0.29) is 11.6 Å². The van der Waals surface area contributed by atoms with Gasteiger partial charge in [-0.3, -0.25) is 4.79 Å². The van der Waals surface area contributed by atoms with Crippen LogP contribution >= 0.6 is 15.9 Å². The van der Waals surface area contributed by atoms with Crippen LogP contribution in [0.5, 0.6) is 0 Å². The number of nitrogens with zero attached hydrogens (tertiary/aromatic N) is 1. The van der Waals surface area contributed by atoms with Crippen LogP contribution in [-0.2, 0) is 20.8 Å². The maximum Gasteiger partial charge on any atom is 0.337 e. The summed E-state index contributed by atoms with van der Waals surface area (Å²) < 4.78 is 12.8. The Morgan fingerprint density at radius 1 is 1.24 bits per heavy atom. The van der Waals surface area contributed by atoms with Gasteiger partial charge in [-0.05, 0) is 80.1 Å². The van der Waals surface area contributed by atoms with Crippen molar-refractivity contribution in [1.29, 1.82) is 0 Å². The normalized spacial score (nSPS) is 14.8. The molecule has 29 heavy (non-hydrogen) atoms. The first-order valence-corrected chi connectivity index (χ1v) is 11.0. The number of carbonyl (C=O) groups is 2. The van der Waals surface area contributed by atoms with Crippen molar-refractivity contribution in [3.8, 4) is 0 Å². The van der Waals surface area contributed by atoms with Gasteiger partial charge in [-0.15, -0.1) is 0 Å². The van der Waals surface area contributed by atoms with Crippen LogP contribution in [0, 0.1) is 0 Å². The Kier molecular flexibility index (Phi) is 8.32. The third-order valence-corrected chi connectivity index (χ3v) is 6.05. The van der Waals surface area contributed by atoms with Crippen LogP contribution in [0.4, 0.5) is 0 Å². The molecule has 1 saturated carbocycles. The molecule has 0 aliphatic heterocycles. The zero-order chi connectivity index (χ0) is 21.6. The second-order valence-corrected chi connectivity index (χ2v) is 9.08. The number of hydrogen-bond donors (Lipinski definition) is 0. The van der Waals surface area contributed by atoms with Crippen LogP contribution < -0.4 is 0 Å². The third kappa shape index (κ3) is 5.84. The number of rotatable bonds is 4. The maximum absolute atomic E-state index is 11.8. The average molecular weight is 466 g/mol. The molecule has 1 aromatic heterocycles. The van der Waals surface area contributed by atoms with Crippen molar-refractivity contribution in [3.63, 3.8) is 0 Å². The highest BCUT2D eigenvalue weighted by atomic mass is 79.9. The lowest BCUT2D eigenvalue weighted by Crippen LogP contribution is -2.17. The molecule has 0 spiro atoms. The monoisotopic (exact) mass is 465 g/mol. The zero-order valence-corrected chi connectivity index (χ0v) is 19.7. The number of carbonyl (C=O) groups excluding carboxylic acids is 2. The van der Waals surface area contributed by atoms with Crippen LogP contribution in [0.25, 0.3) is 10.9 Å². The minimum Gasteiger partial charge on any atom is -0.465 e. The van der Waals surface area contributed by atoms with E-state index >= 15 is 0 Å². The second kappa shape index (κ2) is 10.3. The number of aryl methyl sites for hydroxylation is 1. The minimum atomic E-state index is -0.318. The van der Waals surface area contributed by atoms with Crippen molar-refractivity contribution in [2.24, 2.45) is 0 Å². The van der Waals surface area contributed by atoms with Crippen LogP contribution in [-0.4, -0.2) is 29.7 Å². The van der Waals surface area contributed by atoms with Crippen LogP contribution in [0.3, 0.4) is 0 Å². The summed E-state index contributed by atoms with van der Waals surface area (Å²) in [4.78, 5) is 21.4. The van der Waals surface area contributed by atoms with Crippen molar-refractivity contribution in [2.45, 2.75) is 77.9 Å². The molecule has 1 fully saturated rings. The fraction of sp³-hybridized carbons (Fsp3) is 0.565. The molecule has 1 aliphatic rings. The van der Waals surface area contributed by atoms with Crippen molar-refractivity contribution < 1.29 is 19.1 Å². The summed E-state index contributed by atoms with van der Waals surface area (Å²) in [5, 5.41) is 1.27. The molecule has 0 radical (unpaired) electrons. The molecule has 0 unspecified atom stereocenters. The number of aromatic nitrogens is 1. The van der Waals surface area contributed by atoms with E-state index in [4.69, 9.17) is 4.74 Å². The predicted octanol–water partition coefficient (Wildman–Crippen LogP) is 6.22. The first-order valence-electron chi connectivity index (χ1n) is 10.2. The largest absolute Gasteiger partial charge is 0.465 e. The maximum atomic E-state index is 11.8. The highest BCUT2D eigenvalue weighted by Gasteiger charge is 2.24. The topological polar surface area (TPSA) is 57.5 Å². The van der Waals surface area contributed by atoms with Gasteiger partial charge in [0.1, 0.15) is 5.60 Å². The molecule has 0 amide bonds. The molecule has 0 saturated heterocycles. The molecule has 5 nitrogen and oxygen atoms in total. The van der Waals surface area contributed by atoms with Gasteiger partial charge in [-0.2, -0.15) is 0 Å². The first-order chi connectivity index (χ1) is 13.7. The van der Waals surface area contributed by atoms with Crippen LogP contribution in [0.2, 0.25) is 0 Å². The Morgan fingerprint density at radius 2 is 1.90 bits per heavy atom. The number of halogens is 1. The Bertz CT molecular complexity index is 845. The van der Waals surface area contributed by atoms with Gasteiger partial charge in [0.25, 0.3) is 6.47 Å². The lowest BCUT2D eigenvalue weighted by Gasteiger charge is -2.22. The lowest BCUT2D eigenvalue weighted by atomic mass is 9.84. The third-order valence-electron chi connectivity index (χ3n) is 5.19. The number of fused-ring (bicyclic) bond motifs is 1. The highest BCUT2D eigenvalue weighted by Crippen LogP contribution is 2.42. The van der Waals surface area contributed by atoms with E-state index in [1.54, 1.807) is 0 Å². The summed E-state index contributed by atoms with van der Waals surface area (Å²) in [6, 6.07) is 5.93. The number of benzene rings is 1. The van der Waals surface area contributed by atoms with E-state index in [0.717, 1.165) is 12.1 Å². The van der Waals surface area contributed by atoms with Gasteiger partial charge in [0, 0.05) is 11.9 Å². The minimum absolute atomic E-state index is 0.277. The summed E-state index contributed by atoms with van der Waals surface area (Å²) in [5.41, 5.74) is 2.84.